The van der Waals surface area contributed by atoms with Crippen molar-refractivity contribution in [1.29, 1.82) is 0 Å². The van der Waals surface area contributed by atoms with Crippen molar-refractivity contribution in [1.82, 2.24) is 0 Å². The van der Waals surface area contributed by atoms with Crippen molar-refractivity contribution in [3.63, 3.8) is 0 Å². The van der Waals surface area contributed by atoms with Crippen molar-refractivity contribution in [3.05, 3.63) is 101 Å². The molecule has 0 N–H and O–H groups in total. The van der Waals surface area contributed by atoms with Crippen LogP contribution in [0, 0.1) is 25.7 Å². The van der Waals surface area contributed by atoms with E-state index in [-0.39, 0.29) is 5.97 Å². The highest BCUT2D eigenvalue weighted by atomic mass is 16.5. The summed E-state index contributed by atoms with van der Waals surface area (Å²) >= 11 is 0. The predicted octanol–water partition coefficient (Wildman–Crippen LogP) is 5.82. The van der Waals surface area contributed by atoms with E-state index < -0.39 is 0 Å². The summed E-state index contributed by atoms with van der Waals surface area (Å²) in [6.07, 6.45) is 3.90. The molecule has 28 heavy (non-hydrogen) atoms. The Morgan fingerprint density at radius 1 is 0.893 bits per heavy atom. The normalized spacial score (nSPS) is 10.4. The molecule has 0 unspecified atom stereocenters. The fourth-order valence-electron chi connectivity index (χ4n) is 2.88. The maximum atomic E-state index is 11.5. The number of ether oxygens (including phenoxy) is 1. The van der Waals surface area contributed by atoms with Crippen LogP contribution in [0.25, 0.3) is 17.2 Å². The van der Waals surface area contributed by atoms with E-state index in [1.165, 1.54) is 29.4 Å². The average molecular weight is 366 g/mol. The second-order valence-corrected chi connectivity index (χ2v) is 6.63. The summed E-state index contributed by atoms with van der Waals surface area (Å²) in [6.45, 7) is 4.18. The molecule has 138 valence electrons. The van der Waals surface area contributed by atoms with Gasteiger partial charge in [-0.05, 0) is 67.0 Å². The van der Waals surface area contributed by atoms with E-state index in [2.05, 4.69) is 68.2 Å². The van der Waals surface area contributed by atoms with Gasteiger partial charge >= 0.3 is 5.97 Å². The summed E-state index contributed by atoms with van der Waals surface area (Å²) in [5, 5.41) is 0. The molecule has 0 radical (unpaired) electrons. The first-order chi connectivity index (χ1) is 13.6. The summed E-state index contributed by atoms with van der Waals surface area (Å²) in [5.41, 5.74) is 7.34. The topological polar surface area (TPSA) is 26.3 Å². The number of carbonyl (C=O) groups is 1. The maximum absolute atomic E-state index is 11.5. The lowest BCUT2D eigenvalue weighted by Crippen LogP contribution is -2.00. The molecule has 2 heteroatoms. The van der Waals surface area contributed by atoms with Gasteiger partial charge in [-0.3, -0.25) is 0 Å². The van der Waals surface area contributed by atoms with Gasteiger partial charge in [0.25, 0.3) is 0 Å². The molecule has 0 spiro atoms. The first-order valence-electron chi connectivity index (χ1n) is 9.11. The second-order valence-electron chi connectivity index (χ2n) is 6.63. The summed E-state index contributed by atoms with van der Waals surface area (Å²) < 4.78 is 4.70. The van der Waals surface area contributed by atoms with Crippen LogP contribution in [-0.2, 0) is 4.74 Å². The van der Waals surface area contributed by atoms with Gasteiger partial charge in [0.1, 0.15) is 0 Å². The average Bonchev–Trinajstić information content (AvgIpc) is 2.72. The maximum Gasteiger partial charge on any atom is 0.337 e. The molecular formula is C26H22O2. The lowest BCUT2D eigenvalue weighted by molar-refractivity contribution is 0.0600. The van der Waals surface area contributed by atoms with Crippen molar-refractivity contribution in [3.8, 4) is 23.0 Å². The summed E-state index contributed by atoms with van der Waals surface area (Å²) in [5.74, 6) is 5.82. The van der Waals surface area contributed by atoms with Gasteiger partial charge < -0.3 is 4.74 Å². The number of allylic oxidation sites excluding steroid dienone is 1. The van der Waals surface area contributed by atoms with Gasteiger partial charge in [0.2, 0.25) is 0 Å². The summed E-state index contributed by atoms with van der Waals surface area (Å²) in [7, 11) is 1.37. The third-order valence-electron chi connectivity index (χ3n) is 4.44. The Morgan fingerprint density at radius 2 is 1.57 bits per heavy atom. The molecule has 0 heterocycles. The standard InChI is InChI=1S/C26H22O2/c1-19-8-13-22(14-9-19)25-17-10-20(2)18-24(25)7-5-4-6-21-11-15-23(16-12-21)26(27)28-3/h5,7-18H,1-3H3. The largest absolute Gasteiger partial charge is 0.465 e. The van der Waals surface area contributed by atoms with Gasteiger partial charge in [-0.15, -0.1) is 0 Å². The van der Waals surface area contributed by atoms with Crippen molar-refractivity contribution in [2.45, 2.75) is 13.8 Å². The molecule has 0 saturated carbocycles. The van der Waals surface area contributed by atoms with Crippen LogP contribution in [0.3, 0.4) is 0 Å². The minimum Gasteiger partial charge on any atom is -0.465 e. The van der Waals surface area contributed by atoms with E-state index in [1.807, 2.05) is 24.3 Å². The Labute approximate surface area is 166 Å². The lowest BCUT2D eigenvalue weighted by atomic mass is 9.97. The molecule has 0 aliphatic heterocycles. The molecule has 0 aliphatic carbocycles. The fraction of sp³-hybridized carbons (Fsp3) is 0.115. The van der Waals surface area contributed by atoms with E-state index in [0.717, 1.165) is 11.1 Å². The smallest absolute Gasteiger partial charge is 0.337 e. The molecule has 2 nitrogen and oxygen atoms in total. The Hall–Kier alpha value is -3.57. The first-order valence-corrected chi connectivity index (χ1v) is 9.11. The lowest BCUT2D eigenvalue weighted by Gasteiger charge is -2.08. The van der Waals surface area contributed by atoms with E-state index in [0.29, 0.717) is 5.56 Å². The van der Waals surface area contributed by atoms with Gasteiger partial charge in [0, 0.05) is 5.56 Å². The van der Waals surface area contributed by atoms with Crippen molar-refractivity contribution >= 4 is 12.0 Å². The Bertz CT molecular complexity index is 1060. The number of aryl methyl sites for hydroxylation is 2. The molecule has 3 aromatic rings. The number of methoxy groups -OCH3 is 1. The number of carbonyl (C=O) groups excluding carboxylic acids is 1. The van der Waals surface area contributed by atoms with Gasteiger partial charge in [-0.1, -0.05) is 65.4 Å². The highest BCUT2D eigenvalue weighted by molar-refractivity contribution is 5.89. The summed E-state index contributed by atoms with van der Waals surface area (Å²) in [6, 6.07) is 22.1. The van der Waals surface area contributed by atoms with Crippen LogP contribution in [0.1, 0.15) is 32.6 Å². The molecule has 3 aromatic carbocycles. The molecule has 0 fully saturated rings. The van der Waals surface area contributed by atoms with Crippen LogP contribution < -0.4 is 0 Å². The highest BCUT2D eigenvalue weighted by Gasteiger charge is 2.04. The van der Waals surface area contributed by atoms with Crippen molar-refractivity contribution in [2.24, 2.45) is 0 Å². The quantitative estimate of drug-likeness (QED) is 0.431. The zero-order chi connectivity index (χ0) is 19.9. The third-order valence-corrected chi connectivity index (χ3v) is 4.44. The Balaban J connectivity index is 1.81. The Kier molecular flexibility index (Phi) is 6.09. The van der Waals surface area contributed by atoms with Gasteiger partial charge in [-0.25, -0.2) is 4.79 Å². The minimum atomic E-state index is -0.345. The number of hydrogen-bond acceptors (Lipinski definition) is 2. The molecule has 0 saturated heterocycles. The second kappa shape index (κ2) is 8.88. The predicted molar refractivity (Wildman–Crippen MR) is 115 cm³/mol. The van der Waals surface area contributed by atoms with Crippen LogP contribution >= 0.6 is 0 Å². The third kappa shape index (κ3) is 4.78. The first kappa shape index (κ1) is 19.2. The van der Waals surface area contributed by atoms with E-state index in [4.69, 9.17) is 4.74 Å². The van der Waals surface area contributed by atoms with Crippen LogP contribution in [-0.4, -0.2) is 13.1 Å². The zero-order valence-corrected chi connectivity index (χ0v) is 16.3. The SMILES string of the molecule is COC(=O)c1ccc(C#CC=Cc2cc(C)ccc2-c2ccc(C)cc2)cc1. The van der Waals surface area contributed by atoms with Crippen molar-refractivity contribution in [2.75, 3.05) is 7.11 Å². The van der Waals surface area contributed by atoms with Crippen LogP contribution in [0.5, 0.6) is 0 Å². The highest BCUT2D eigenvalue weighted by Crippen LogP contribution is 2.26. The minimum absolute atomic E-state index is 0.345. The van der Waals surface area contributed by atoms with E-state index in [9.17, 15) is 4.79 Å². The molecule has 0 atom stereocenters. The number of rotatable bonds is 3. The molecular weight excluding hydrogens is 344 g/mol. The molecule has 0 aromatic heterocycles. The number of benzene rings is 3. The zero-order valence-electron chi connectivity index (χ0n) is 16.3. The Morgan fingerprint density at radius 3 is 2.25 bits per heavy atom. The fourth-order valence-corrected chi connectivity index (χ4v) is 2.88. The van der Waals surface area contributed by atoms with Crippen LogP contribution in [0.2, 0.25) is 0 Å². The van der Waals surface area contributed by atoms with E-state index >= 15 is 0 Å². The molecule has 3 rings (SSSR count). The number of esters is 1. The monoisotopic (exact) mass is 366 g/mol. The molecule has 0 bridgehead atoms. The van der Waals surface area contributed by atoms with Gasteiger partial charge in [-0.2, -0.15) is 0 Å². The van der Waals surface area contributed by atoms with E-state index in [1.54, 1.807) is 12.1 Å². The van der Waals surface area contributed by atoms with Crippen LogP contribution in [0.15, 0.2) is 72.8 Å². The van der Waals surface area contributed by atoms with Crippen molar-refractivity contribution < 1.29 is 9.53 Å². The van der Waals surface area contributed by atoms with Gasteiger partial charge in [0.15, 0.2) is 0 Å². The summed E-state index contributed by atoms with van der Waals surface area (Å²) in [4.78, 5) is 11.5. The molecule has 0 amide bonds. The van der Waals surface area contributed by atoms with Crippen LogP contribution in [0.4, 0.5) is 0 Å². The number of hydrogen-bond donors (Lipinski definition) is 0. The van der Waals surface area contributed by atoms with Gasteiger partial charge in [0.05, 0.1) is 12.7 Å². The molecule has 0 aliphatic rings.